The van der Waals surface area contributed by atoms with E-state index in [1.165, 1.54) is 17.7 Å². The Hall–Kier alpha value is -3.48. The largest absolute Gasteiger partial charge is 0.444 e. The van der Waals surface area contributed by atoms with Crippen molar-refractivity contribution >= 4 is 48.6 Å². The maximum absolute atomic E-state index is 13.5. The van der Waals surface area contributed by atoms with E-state index < -0.39 is 13.9 Å². The molecule has 246 valence electrons. The zero-order chi connectivity index (χ0) is 33.1. The minimum Gasteiger partial charge on any atom is -0.444 e. The van der Waals surface area contributed by atoms with Crippen LogP contribution in [0.2, 0.25) is 18.1 Å². The molecule has 1 aliphatic heterocycles. The molecule has 46 heavy (non-hydrogen) atoms. The number of ether oxygens (including phenoxy) is 1. The van der Waals surface area contributed by atoms with E-state index in [1.54, 1.807) is 12.3 Å². The summed E-state index contributed by atoms with van der Waals surface area (Å²) in [4.78, 5) is 38.5. The minimum absolute atomic E-state index is 0.0300. The molecule has 1 N–H and O–H groups in total. The Morgan fingerprint density at radius 2 is 1.89 bits per heavy atom. The molecule has 0 unspecified atom stereocenters. The molecule has 1 aromatic carbocycles. The van der Waals surface area contributed by atoms with Crippen molar-refractivity contribution < 1.29 is 23.2 Å². The summed E-state index contributed by atoms with van der Waals surface area (Å²) in [6, 6.07) is 10.0. The number of aromatic nitrogens is 3. The van der Waals surface area contributed by atoms with Gasteiger partial charge in [0.1, 0.15) is 5.60 Å². The Morgan fingerprint density at radius 1 is 1.13 bits per heavy atom. The molecule has 0 radical (unpaired) electrons. The Bertz CT molecular complexity index is 1740. The summed E-state index contributed by atoms with van der Waals surface area (Å²) >= 11 is 1.35. The molecular formula is C34H45N5O5SSi. The number of anilines is 1. The third-order valence-corrected chi connectivity index (χ3v) is 15.3. The second-order valence-electron chi connectivity index (χ2n) is 15.4. The third kappa shape index (κ3) is 6.52. The molecule has 6 rings (SSSR count). The first-order chi connectivity index (χ1) is 21.5. The molecule has 4 heterocycles. The van der Waals surface area contributed by atoms with E-state index in [4.69, 9.17) is 18.6 Å². The molecule has 2 aliphatic rings. The predicted molar refractivity (Wildman–Crippen MR) is 183 cm³/mol. The van der Waals surface area contributed by atoms with E-state index in [0.717, 1.165) is 40.7 Å². The fraction of sp³-hybridized carbons (Fsp3) is 0.529. The van der Waals surface area contributed by atoms with Crippen molar-refractivity contribution in [3.63, 3.8) is 0 Å². The molecular weight excluding hydrogens is 619 g/mol. The summed E-state index contributed by atoms with van der Waals surface area (Å²) in [5.41, 5.74) is 2.38. The minimum atomic E-state index is -1.94. The van der Waals surface area contributed by atoms with E-state index in [9.17, 15) is 9.59 Å². The summed E-state index contributed by atoms with van der Waals surface area (Å²) in [6.07, 6.45) is 5.48. The van der Waals surface area contributed by atoms with Crippen LogP contribution in [0.3, 0.4) is 0 Å². The van der Waals surface area contributed by atoms with Crippen LogP contribution in [0, 0.1) is 5.41 Å². The van der Waals surface area contributed by atoms with E-state index in [1.807, 2.05) is 37.8 Å². The molecule has 2 fully saturated rings. The highest BCUT2D eigenvalue weighted by Crippen LogP contribution is 2.55. The van der Waals surface area contributed by atoms with Crippen LogP contribution < -0.4 is 5.32 Å². The molecule has 3 aromatic heterocycles. The van der Waals surface area contributed by atoms with Gasteiger partial charge in [-0.05, 0) is 93.4 Å². The monoisotopic (exact) mass is 663 g/mol. The van der Waals surface area contributed by atoms with Crippen molar-refractivity contribution in [1.82, 2.24) is 19.4 Å². The number of imidazole rings is 1. The molecule has 0 bridgehead atoms. The molecule has 1 spiro atoms. The smallest absolute Gasteiger partial charge is 0.410 e. The Kier molecular flexibility index (Phi) is 8.21. The van der Waals surface area contributed by atoms with Crippen LogP contribution in [-0.4, -0.2) is 58.4 Å². The van der Waals surface area contributed by atoms with Crippen LogP contribution in [0.25, 0.3) is 21.7 Å². The zero-order valence-electron chi connectivity index (χ0n) is 28.1. The van der Waals surface area contributed by atoms with Crippen LogP contribution in [0.1, 0.15) is 82.1 Å². The van der Waals surface area contributed by atoms with Gasteiger partial charge in [0.2, 0.25) is 5.95 Å². The Labute approximate surface area is 275 Å². The van der Waals surface area contributed by atoms with Crippen LogP contribution in [-0.2, 0) is 15.8 Å². The van der Waals surface area contributed by atoms with E-state index in [-0.39, 0.29) is 28.5 Å². The van der Waals surface area contributed by atoms with Crippen molar-refractivity contribution in [2.24, 2.45) is 5.41 Å². The third-order valence-electron chi connectivity index (χ3n) is 9.68. The van der Waals surface area contributed by atoms with Crippen molar-refractivity contribution in [3.8, 4) is 10.6 Å². The Balaban J connectivity index is 1.26. The molecule has 10 nitrogen and oxygen atoms in total. The highest BCUT2D eigenvalue weighted by molar-refractivity contribution is 7.17. The number of hydrogen-bond acceptors (Lipinski definition) is 8. The summed E-state index contributed by atoms with van der Waals surface area (Å²) in [5, 5.41) is 3.23. The van der Waals surface area contributed by atoms with Crippen LogP contribution >= 0.6 is 11.3 Å². The van der Waals surface area contributed by atoms with Crippen molar-refractivity contribution in [2.45, 2.75) is 97.2 Å². The molecule has 2 amide bonds. The van der Waals surface area contributed by atoms with Gasteiger partial charge in [0.05, 0.1) is 33.6 Å². The van der Waals surface area contributed by atoms with Gasteiger partial charge >= 0.3 is 6.09 Å². The summed E-state index contributed by atoms with van der Waals surface area (Å²) in [7, 11) is -1.94. The SMILES string of the molecule is CC(C)(C)OC(=O)N1CCC2(CC(n3c(NC(=O)c4ccc(-c5cnco5)s4)nc4ccc(CO[Si](C)(C)C(C)(C)C)cc43)C2)C1. The first kappa shape index (κ1) is 32.5. The number of nitrogens with zero attached hydrogens (tertiary/aromatic N) is 4. The van der Waals surface area contributed by atoms with Crippen LogP contribution in [0.15, 0.2) is 47.3 Å². The molecule has 1 saturated carbocycles. The average Bonchev–Trinajstić information content (AvgIpc) is 3.74. The van der Waals surface area contributed by atoms with Crippen molar-refractivity contribution in [3.05, 3.63) is 53.4 Å². The average molecular weight is 664 g/mol. The fourth-order valence-corrected chi connectivity index (χ4v) is 7.95. The van der Waals surface area contributed by atoms with Gasteiger partial charge in [0.15, 0.2) is 20.5 Å². The molecule has 4 aromatic rings. The fourth-order valence-electron chi connectivity index (χ4n) is 6.13. The Morgan fingerprint density at radius 3 is 2.57 bits per heavy atom. The van der Waals surface area contributed by atoms with Gasteiger partial charge < -0.3 is 23.0 Å². The molecule has 1 saturated heterocycles. The number of rotatable bonds is 7. The lowest BCUT2D eigenvalue weighted by Gasteiger charge is -2.46. The van der Waals surface area contributed by atoms with Gasteiger partial charge in [-0.15, -0.1) is 11.3 Å². The number of oxazole rings is 1. The zero-order valence-corrected chi connectivity index (χ0v) is 29.9. The number of likely N-dealkylation sites (tertiary alicyclic amines) is 1. The lowest BCUT2D eigenvalue weighted by molar-refractivity contribution is 0.0199. The maximum Gasteiger partial charge on any atom is 0.410 e. The predicted octanol–water partition coefficient (Wildman–Crippen LogP) is 8.49. The lowest BCUT2D eigenvalue weighted by Crippen LogP contribution is -2.43. The number of amides is 2. The highest BCUT2D eigenvalue weighted by Gasteiger charge is 2.51. The van der Waals surface area contributed by atoms with Gasteiger partial charge in [0, 0.05) is 19.1 Å². The number of carbonyl (C=O) groups excluding carboxylic acids is 2. The van der Waals surface area contributed by atoms with Crippen LogP contribution in [0.5, 0.6) is 0 Å². The first-order valence-corrected chi connectivity index (χ1v) is 19.7. The molecule has 12 heteroatoms. The number of hydrogen-bond donors (Lipinski definition) is 1. The number of nitrogens with one attached hydrogen (secondary N) is 1. The van der Waals surface area contributed by atoms with Crippen LogP contribution in [0.4, 0.5) is 10.7 Å². The topological polar surface area (TPSA) is 112 Å². The van der Waals surface area contributed by atoms with Gasteiger partial charge in [-0.2, -0.15) is 0 Å². The van der Waals surface area contributed by atoms with Gasteiger partial charge in [0.25, 0.3) is 5.91 Å². The number of carbonyl (C=O) groups is 2. The summed E-state index contributed by atoms with van der Waals surface area (Å²) in [6.45, 7) is 18.8. The summed E-state index contributed by atoms with van der Waals surface area (Å²) < 4.78 is 19.8. The quantitative estimate of drug-likeness (QED) is 0.197. The van der Waals surface area contributed by atoms with E-state index >= 15 is 0 Å². The number of thiophene rings is 1. The highest BCUT2D eigenvalue weighted by atomic mass is 32.1. The molecule has 1 aliphatic carbocycles. The van der Waals surface area contributed by atoms with Gasteiger partial charge in [-0.25, -0.2) is 14.8 Å². The summed E-state index contributed by atoms with van der Waals surface area (Å²) in [5.74, 6) is 0.930. The maximum atomic E-state index is 13.5. The lowest BCUT2D eigenvalue weighted by atomic mass is 9.65. The molecule has 0 atom stereocenters. The van der Waals surface area contributed by atoms with E-state index in [0.29, 0.717) is 36.3 Å². The second kappa shape index (κ2) is 11.6. The van der Waals surface area contributed by atoms with Gasteiger partial charge in [-0.1, -0.05) is 26.8 Å². The van der Waals surface area contributed by atoms with Gasteiger partial charge in [-0.3, -0.25) is 10.1 Å². The standard InChI is InChI=1S/C34H45N5O5SSi/c1-32(2,3)44-31(41)38-14-13-34(20-38)16-23(17-34)39-25-15-22(19-43-46(7,8)33(4,5)6)9-10-24(25)36-30(39)37-29(40)28-12-11-27(45-28)26-18-35-21-42-26/h9-12,15,18,21,23H,13-14,16-17,19-20H2,1-8H3,(H,36,37,40). The first-order valence-electron chi connectivity index (χ1n) is 16.0. The van der Waals surface area contributed by atoms with Crippen molar-refractivity contribution in [1.29, 1.82) is 0 Å². The second-order valence-corrected chi connectivity index (χ2v) is 21.3. The van der Waals surface area contributed by atoms with Crippen molar-refractivity contribution in [2.75, 3.05) is 18.4 Å². The number of fused-ring (bicyclic) bond motifs is 1. The number of benzene rings is 1. The van der Waals surface area contributed by atoms with E-state index in [2.05, 4.69) is 60.9 Å². The normalized spacial score (nSPS) is 20.3.